The molecule has 1 heterocycles. The summed E-state index contributed by atoms with van der Waals surface area (Å²) in [6.45, 7) is 0.584. The quantitative estimate of drug-likeness (QED) is 0.358. The average molecular weight is 546 g/mol. The normalized spacial score (nSPS) is 25.3. The van der Waals surface area contributed by atoms with E-state index in [2.05, 4.69) is 16.0 Å². The molecule has 3 amide bonds. The van der Waals surface area contributed by atoms with Crippen molar-refractivity contribution in [2.75, 3.05) is 6.54 Å². The number of rotatable bonds is 11. The Morgan fingerprint density at radius 3 is 2.58 bits per heavy atom. The summed E-state index contributed by atoms with van der Waals surface area (Å²) in [5.41, 5.74) is 1.11. The van der Waals surface area contributed by atoms with E-state index in [-0.39, 0.29) is 30.3 Å². The minimum absolute atomic E-state index is 0.0875. The molecule has 4 rings (SSSR count). The van der Waals surface area contributed by atoms with Gasteiger partial charge in [-0.2, -0.15) is 0 Å². The van der Waals surface area contributed by atoms with Gasteiger partial charge in [0.1, 0.15) is 18.4 Å². The fourth-order valence-electron chi connectivity index (χ4n) is 6.27. The second-order valence-corrected chi connectivity index (χ2v) is 11.6. The van der Waals surface area contributed by atoms with Crippen molar-refractivity contribution in [3.8, 4) is 0 Å². The van der Waals surface area contributed by atoms with Crippen molar-refractivity contribution in [1.82, 2.24) is 16.0 Å². The van der Waals surface area contributed by atoms with Gasteiger partial charge >= 0.3 is 6.09 Å². The van der Waals surface area contributed by atoms with E-state index in [4.69, 9.17) is 16.3 Å². The Morgan fingerprint density at radius 1 is 1.05 bits per heavy atom. The molecule has 1 aromatic carbocycles. The first-order chi connectivity index (χ1) is 18.4. The highest BCUT2D eigenvalue weighted by molar-refractivity contribution is 6.30. The standard InChI is InChI=1S/C29H40ClN3O5/c30-23-10-4-8-20(15-23)14-21-9-5-11-26(21)38-29(37)33-25(16-19-6-2-1-3-7-19)28(36)32-24(18-34)17-22-12-13-31-27(22)35/h4,8,10,15,18-19,21-22,24-26H,1-3,5-7,9,11-14,16-17H2,(H,31,35)(H,32,36)(H,33,37)/t21-,22-,24-,25-,26-/m0/s1. The Balaban J connectivity index is 1.36. The van der Waals surface area contributed by atoms with Gasteiger partial charge in [0.05, 0.1) is 6.04 Å². The average Bonchev–Trinajstić information content (AvgIpc) is 3.51. The summed E-state index contributed by atoms with van der Waals surface area (Å²) in [7, 11) is 0. The highest BCUT2D eigenvalue weighted by Gasteiger charge is 2.34. The van der Waals surface area contributed by atoms with E-state index < -0.39 is 24.1 Å². The zero-order valence-corrected chi connectivity index (χ0v) is 22.7. The maximum Gasteiger partial charge on any atom is 0.408 e. The Labute approximate surface area is 230 Å². The van der Waals surface area contributed by atoms with E-state index in [0.717, 1.165) is 56.9 Å². The number of carbonyl (C=O) groups is 4. The molecular formula is C29H40ClN3O5. The summed E-state index contributed by atoms with van der Waals surface area (Å²) in [6, 6.07) is 6.18. The van der Waals surface area contributed by atoms with Crippen molar-refractivity contribution < 1.29 is 23.9 Å². The Morgan fingerprint density at radius 2 is 1.87 bits per heavy atom. The number of benzene rings is 1. The topological polar surface area (TPSA) is 114 Å². The van der Waals surface area contributed by atoms with E-state index in [1.165, 1.54) is 6.42 Å². The van der Waals surface area contributed by atoms with Crippen molar-refractivity contribution >= 4 is 35.8 Å². The first-order valence-corrected chi connectivity index (χ1v) is 14.5. The third-order valence-electron chi connectivity index (χ3n) is 8.33. The summed E-state index contributed by atoms with van der Waals surface area (Å²) >= 11 is 6.14. The molecule has 0 bridgehead atoms. The lowest BCUT2D eigenvalue weighted by Gasteiger charge is -2.28. The number of ether oxygens (including phenoxy) is 1. The summed E-state index contributed by atoms with van der Waals surface area (Å²) in [6.07, 6.45) is 10.2. The number of aldehydes is 1. The van der Waals surface area contributed by atoms with E-state index in [1.807, 2.05) is 24.3 Å². The number of hydrogen-bond acceptors (Lipinski definition) is 5. The van der Waals surface area contributed by atoms with Crippen molar-refractivity contribution in [3.05, 3.63) is 34.9 Å². The van der Waals surface area contributed by atoms with Crippen LogP contribution in [0, 0.1) is 17.8 Å². The fraction of sp³-hybridized carbons (Fsp3) is 0.655. The Kier molecular flexibility index (Phi) is 10.4. The molecule has 208 valence electrons. The number of carbonyl (C=O) groups excluding carboxylic acids is 4. The first-order valence-electron chi connectivity index (χ1n) is 14.2. The second-order valence-electron chi connectivity index (χ2n) is 11.2. The molecular weight excluding hydrogens is 506 g/mol. The van der Waals surface area contributed by atoms with Crippen molar-refractivity contribution in [2.24, 2.45) is 17.8 Å². The zero-order chi connectivity index (χ0) is 26.9. The third-order valence-corrected chi connectivity index (χ3v) is 8.57. The molecule has 2 aliphatic carbocycles. The summed E-state index contributed by atoms with van der Waals surface area (Å²) in [4.78, 5) is 50.0. The van der Waals surface area contributed by atoms with Crippen LogP contribution >= 0.6 is 11.6 Å². The van der Waals surface area contributed by atoms with Crippen LogP contribution in [0.3, 0.4) is 0 Å². The number of amides is 3. The predicted molar refractivity (Wildman–Crippen MR) is 145 cm³/mol. The largest absolute Gasteiger partial charge is 0.446 e. The van der Waals surface area contributed by atoms with Crippen LogP contribution in [0.25, 0.3) is 0 Å². The van der Waals surface area contributed by atoms with Gasteiger partial charge in [-0.25, -0.2) is 4.79 Å². The molecule has 3 N–H and O–H groups in total. The molecule has 5 atom stereocenters. The molecule has 1 aromatic rings. The number of hydrogen-bond donors (Lipinski definition) is 3. The van der Waals surface area contributed by atoms with Crippen molar-refractivity contribution in [1.29, 1.82) is 0 Å². The number of nitrogens with one attached hydrogen (secondary N) is 3. The van der Waals surface area contributed by atoms with Crippen LogP contribution in [0.5, 0.6) is 0 Å². The van der Waals surface area contributed by atoms with E-state index >= 15 is 0 Å². The van der Waals surface area contributed by atoms with Crippen LogP contribution in [0.1, 0.15) is 76.2 Å². The van der Waals surface area contributed by atoms with Crippen LogP contribution in [-0.4, -0.2) is 48.9 Å². The van der Waals surface area contributed by atoms with Crippen LogP contribution in [0.2, 0.25) is 5.02 Å². The Hall–Kier alpha value is -2.61. The van der Waals surface area contributed by atoms with Gasteiger partial charge in [-0.15, -0.1) is 0 Å². The fourth-order valence-corrected chi connectivity index (χ4v) is 6.48. The van der Waals surface area contributed by atoms with E-state index in [1.54, 1.807) is 0 Å². The number of halogens is 1. The van der Waals surface area contributed by atoms with Gasteiger partial charge in [0, 0.05) is 23.4 Å². The minimum atomic E-state index is -0.793. The smallest absolute Gasteiger partial charge is 0.408 e. The minimum Gasteiger partial charge on any atom is -0.446 e. The van der Waals surface area contributed by atoms with E-state index in [0.29, 0.717) is 36.6 Å². The van der Waals surface area contributed by atoms with Crippen LogP contribution in [0.15, 0.2) is 24.3 Å². The molecule has 0 aromatic heterocycles. The predicted octanol–water partition coefficient (Wildman–Crippen LogP) is 4.33. The van der Waals surface area contributed by atoms with E-state index in [9.17, 15) is 19.2 Å². The molecule has 3 aliphatic rings. The van der Waals surface area contributed by atoms with Crippen LogP contribution < -0.4 is 16.0 Å². The highest BCUT2D eigenvalue weighted by Crippen LogP contribution is 2.32. The molecule has 2 saturated carbocycles. The monoisotopic (exact) mass is 545 g/mol. The van der Waals surface area contributed by atoms with Gasteiger partial charge in [0.15, 0.2) is 0 Å². The van der Waals surface area contributed by atoms with Crippen LogP contribution in [-0.2, 0) is 25.5 Å². The number of alkyl carbamates (subject to hydrolysis) is 1. The Bertz CT molecular complexity index is 983. The molecule has 38 heavy (non-hydrogen) atoms. The molecule has 1 saturated heterocycles. The van der Waals surface area contributed by atoms with Gasteiger partial charge in [-0.1, -0.05) is 55.8 Å². The summed E-state index contributed by atoms with van der Waals surface area (Å²) < 4.78 is 5.86. The third kappa shape index (κ3) is 8.19. The van der Waals surface area contributed by atoms with Crippen LogP contribution in [0.4, 0.5) is 4.79 Å². The SMILES string of the molecule is O=C[C@H](C[C@@H]1CCNC1=O)NC(=O)[C@H](CC1CCCCC1)NC(=O)O[C@H]1CCC[C@H]1Cc1cccc(Cl)c1. The molecule has 0 unspecified atom stereocenters. The molecule has 0 radical (unpaired) electrons. The maximum atomic E-state index is 13.3. The lowest BCUT2D eigenvalue weighted by atomic mass is 9.84. The maximum absolute atomic E-state index is 13.3. The lowest BCUT2D eigenvalue weighted by Crippen LogP contribution is -2.52. The summed E-state index contributed by atoms with van der Waals surface area (Å²) in [5.74, 6) is -0.251. The highest BCUT2D eigenvalue weighted by atomic mass is 35.5. The van der Waals surface area contributed by atoms with Crippen molar-refractivity contribution in [2.45, 2.75) is 95.2 Å². The summed E-state index contributed by atoms with van der Waals surface area (Å²) in [5, 5.41) is 9.06. The van der Waals surface area contributed by atoms with Gasteiger partial charge in [-0.3, -0.25) is 9.59 Å². The van der Waals surface area contributed by atoms with Gasteiger partial charge in [0.25, 0.3) is 0 Å². The molecule has 8 nitrogen and oxygen atoms in total. The zero-order valence-electron chi connectivity index (χ0n) is 22.0. The first kappa shape index (κ1) is 28.4. The van der Waals surface area contributed by atoms with Gasteiger partial charge in [-0.05, 0) is 68.6 Å². The molecule has 3 fully saturated rings. The molecule has 9 heteroatoms. The molecule has 1 aliphatic heterocycles. The second kappa shape index (κ2) is 14.0. The molecule has 0 spiro atoms. The van der Waals surface area contributed by atoms with Crippen molar-refractivity contribution in [3.63, 3.8) is 0 Å². The van der Waals surface area contributed by atoms with Gasteiger partial charge < -0.3 is 25.5 Å². The lowest BCUT2D eigenvalue weighted by molar-refractivity contribution is -0.127. The van der Waals surface area contributed by atoms with Gasteiger partial charge in [0.2, 0.25) is 11.8 Å².